The van der Waals surface area contributed by atoms with Gasteiger partial charge >= 0.3 is 0 Å². The Hall–Kier alpha value is -1.31. The predicted molar refractivity (Wildman–Crippen MR) is 55.0 cm³/mol. The fourth-order valence-corrected chi connectivity index (χ4v) is 1.83. The van der Waals surface area contributed by atoms with Crippen LogP contribution in [0.5, 0.6) is 5.75 Å². The second-order valence-electron chi connectivity index (χ2n) is 3.90. The van der Waals surface area contributed by atoms with E-state index in [-0.39, 0.29) is 5.78 Å². The number of ether oxygens (including phenoxy) is 1. The van der Waals surface area contributed by atoms with Crippen LogP contribution in [0.15, 0.2) is 18.2 Å². The number of carbonyl (C=O) groups is 1. The molecule has 0 radical (unpaired) electrons. The summed E-state index contributed by atoms with van der Waals surface area (Å²) in [6.45, 7) is 4.71. The van der Waals surface area contributed by atoms with Gasteiger partial charge in [0.25, 0.3) is 0 Å². The average molecular weight is 190 g/mol. The molecule has 0 spiro atoms. The van der Waals surface area contributed by atoms with Crippen molar-refractivity contribution in [3.63, 3.8) is 0 Å². The summed E-state index contributed by atoms with van der Waals surface area (Å²) in [5.41, 5.74) is 1.90. The second kappa shape index (κ2) is 3.45. The lowest BCUT2D eigenvalue weighted by molar-refractivity contribution is 0.0932. The Bertz CT molecular complexity index is 367. The quantitative estimate of drug-likeness (QED) is 0.680. The van der Waals surface area contributed by atoms with Gasteiger partial charge in [0.2, 0.25) is 0 Å². The van der Waals surface area contributed by atoms with E-state index in [0.29, 0.717) is 18.9 Å². The zero-order chi connectivity index (χ0) is 10.1. The predicted octanol–water partition coefficient (Wildman–Crippen LogP) is 2.78. The third kappa shape index (κ3) is 1.41. The van der Waals surface area contributed by atoms with E-state index in [2.05, 4.69) is 13.8 Å². The molecule has 0 atom stereocenters. The second-order valence-corrected chi connectivity index (χ2v) is 3.90. The van der Waals surface area contributed by atoms with E-state index in [0.717, 1.165) is 16.9 Å². The van der Waals surface area contributed by atoms with E-state index in [4.69, 9.17) is 4.74 Å². The molecule has 0 aliphatic carbocycles. The van der Waals surface area contributed by atoms with Gasteiger partial charge in [-0.15, -0.1) is 0 Å². The van der Waals surface area contributed by atoms with Gasteiger partial charge in [-0.2, -0.15) is 0 Å². The maximum absolute atomic E-state index is 11.7. The molecule has 0 saturated carbocycles. The van der Waals surface area contributed by atoms with E-state index in [1.807, 2.05) is 18.2 Å². The lowest BCUT2D eigenvalue weighted by atomic mass is 9.92. The third-order valence-electron chi connectivity index (χ3n) is 2.55. The molecular weight excluding hydrogens is 176 g/mol. The standard InChI is InChI=1S/C12H14O2/c1-8(2)9-4-3-5-11-12(9)10(13)6-7-14-11/h3-5,8H,6-7H2,1-2H3. The molecule has 1 aliphatic rings. The summed E-state index contributed by atoms with van der Waals surface area (Å²) < 4.78 is 5.46. The van der Waals surface area contributed by atoms with Crippen LogP contribution in [0.4, 0.5) is 0 Å². The Morgan fingerprint density at radius 1 is 1.36 bits per heavy atom. The van der Waals surface area contributed by atoms with E-state index in [1.54, 1.807) is 0 Å². The molecule has 74 valence electrons. The zero-order valence-corrected chi connectivity index (χ0v) is 8.54. The van der Waals surface area contributed by atoms with E-state index in [1.165, 1.54) is 0 Å². The maximum Gasteiger partial charge on any atom is 0.170 e. The van der Waals surface area contributed by atoms with Crippen molar-refractivity contribution in [2.24, 2.45) is 0 Å². The highest BCUT2D eigenvalue weighted by Crippen LogP contribution is 2.31. The van der Waals surface area contributed by atoms with Crippen molar-refractivity contribution in [3.8, 4) is 5.75 Å². The Kier molecular flexibility index (Phi) is 2.28. The minimum Gasteiger partial charge on any atom is -0.492 e. The summed E-state index contributed by atoms with van der Waals surface area (Å²) in [4.78, 5) is 11.7. The topological polar surface area (TPSA) is 26.3 Å². The van der Waals surface area contributed by atoms with Crippen LogP contribution in [0.25, 0.3) is 0 Å². The monoisotopic (exact) mass is 190 g/mol. The molecule has 0 amide bonds. The average Bonchev–Trinajstić information content (AvgIpc) is 2.17. The first-order valence-corrected chi connectivity index (χ1v) is 4.99. The van der Waals surface area contributed by atoms with Gasteiger partial charge in [0, 0.05) is 6.42 Å². The zero-order valence-electron chi connectivity index (χ0n) is 8.54. The number of benzene rings is 1. The van der Waals surface area contributed by atoms with E-state index < -0.39 is 0 Å². The molecule has 2 heteroatoms. The van der Waals surface area contributed by atoms with Crippen LogP contribution >= 0.6 is 0 Å². The first-order chi connectivity index (χ1) is 6.70. The smallest absolute Gasteiger partial charge is 0.170 e. The number of carbonyl (C=O) groups excluding carboxylic acids is 1. The number of hydrogen-bond donors (Lipinski definition) is 0. The number of ketones is 1. The number of rotatable bonds is 1. The molecule has 0 aromatic heterocycles. The molecule has 0 fully saturated rings. The van der Waals surface area contributed by atoms with Crippen LogP contribution in [-0.2, 0) is 0 Å². The fraction of sp³-hybridized carbons (Fsp3) is 0.417. The molecular formula is C12H14O2. The van der Waals surface area contributed by atoms with E-state index >= 15 is 0 Å². The molecule has 1 aliphatic heterocycles. The SMILES string of the molecule is CC(C)c1cccc2c1C(=O)CCO2. The van der Waals surface area contributed by atoms with Gasteiger partial charge in [-0.3, -0.25) is 4.79 Å². The summed E-state index contributed by atoms with van der Waals surface area (Å²) in [6, 6.07) is 5.83. The van der Waals surface area contributed by atoms with Gasteiger partial charge in [0.15, 0.2) is 5.78 Å². The fourth-order valence-electron chi connectivity index (χ4n) is 1.83. The van der Waals surface area contributed by atoms with Crippen LogP contribution in [-0.4, -0.2) is 12.4 Å². The van der Waals surface area contributed by atoms with Crippen molar-refractivity contribution < 1.29 is 9.53 Å². The highest BCUT2D eigenvalue weighted by molar-refractivity contribution is 6.01. The molecule has 1 aromatic rings. The van der Waals surface area contributed by atoms with Gasteiger partial charge in [0.1, 0.15) is 5.75 Å². The Morgan fingerprint density at radius 2 is 2.14 bits per heavy atom. The van der Waals surface area contributed by atoms with Crippen LogP contribution in [0.1, 0.15) is 42.1 Å². The molecule has 14 heavy (non-hydrogen) atoms. The molecule has 2 nitrogen and oxygen atoms in total. The summed E-state index contributed by atoms with van der Waals surface area (Å²) in [5.74, 6) is 1.35. The van der Waals surface area contributed by atoms with Crippen molar-refractivity contribution in [2.75, 3.05) is 6.61 Å². The number of hydrogen-bond acceptors (Lipinski definition) is 2. The maximum atomic E-state index is 11.7. The normalized spacial score (nSPS) is 15.2. The molecule has 0 saturated heterocycles. The first kappa shape index (κ1) is 9.25. The molecule has 0 unspecified atom stereocenters. The molecule has 0 bridgehead atoms. The van der Waals surface area contributed by atoms with Crippen molar-refractivity contribution in [2.45, 2.75) is 26.2 Å². The van der Waals surface area contributed by atoms with Crippen molar-refractivity contribution in [1.29, 1.82) is 0 Å². The summed E-state index contributed by atoms with van der Waals surface area (Å²) in [6.07, 6.45) is 0.511. The highest BCUT2D eigenvalue weighted by atomic mass is 16.5. The Balaban J connectivity index is 2.57. The van der Waals surface area contributed by atoms with Gasteiger partial charge in [-0.1, -0.05) is 26.0 Å². The minimum absolute atomic E-state index is 0.218. The largest absolute Gasteiger partial charge is 0.492 e. The molecule has 0 N–H and O–H groups in total. The van der Waals surface area contributed by atoms with E-state index in [9.17, 15) is 4.79 Å². The summed E-state index contributed by atoms with van der Waals surface area (Å²) in [5, 5.41) is 0. The summed E-state index contributed by atoms with van der Waals surface area (Å²) >= 11 is 0. The van der Waals surface area contributed by atoms with Gasteiger partial charge < -0.3 is 4.74 Å². The Morgan fingerprint density at radius 3 is 2.86 bits per heavy atom. The third-order valence-corrected chi connectivity index (χ3v) is 2.55. The van der Waals surface area contributed by atoms with Crippen molar-refractivity contribution in [3.05, 3.63) is 29.3 Å². The van der Waals surface area contributed by atoms with Gasteiger partial charge in [-0.05, 0) is 17.5 Å². The van der Waals surface area contributed by atoms with Crippen LogP contribution in [0.3, 0.4) is 0 Å². The van der Waals surface area contributed by atoms with Crippen LogP contribution in [0.2, 0.25) is 0 Å². The van der Waals surface area contributed by atoms with Gasteiger partial charge in [-0.25, -0.2) is 0 Å². The lowest BCUT2D eigenvalue weighted by Gasteiger charge is -2.20. The van der Waals surface area contributed by atoms with Crippen molar-refractivity contribution >= 4 is 5.78 Å². The summed E-state index contributed by atoms with van der Waals surface area (Å²) in [7, 11) is 0. The Labute approximate surface area is 83.9 Å². The lowest BCUT2D eigenvalue weighted by Crippen LogP contribution is -2.17. The number of fused-ring (bicyclic) bond motifs is 1. The highest BCUT2D eigenvalue weighted by Gasteiger charge is 2.22. The first-order valence-electron chi connectivity index (χ1n) is 4.99. The van der Waals surface area contributed by atoms with Crippen molar-refractivity contribution in [1.82, 2.24) is 0 Å². The minimum atomic E-state index is 0.218. The van der Waals surface area contributed by atoms with Crippen LogP contribution in [0, 0.1) is 0 Å². The molecule has 2 rings (SSSR count). The van der Waals surface area contributed by atoms with Crippen LogP contribution < -0.4 is 4.74 Å². The number of Topliss-reactive ketones (excluding diaryl/α,β-unsaturated/α-hetero) is 1. The van der Waals surface area contributed by atoms with Gasteiger partial charge in [0.05, 0.1) is 12.2 Å². The molecule has 1 heterocycles. The molecule has 1 aromatic carbocycles.